The Hall–Kier alpha value is -1.81. The van der Waals surface area contributed by atoms with Gasteiger partial charge < -0.3 is 10.1 Å². The summed E-state index contributed by atoms with van der Waals surface area (Å²) in [4.78, 5) is 8.36. The van der Waals surface area contributed by atoms with Gasteiger partial charge in [0.2, 0.25) is 5.88 Å². The van der Waals surface area contributed by atoms with Gasteiger partial charge in [0.15, 0.2) is 0 Å². The van der Waals surface area contributed by atoms with E-state index in [1.807, 2.05) is 26.0 Å². The van der Waals surface area contributed by atoms with Crippen molar-refractivity contribution in [3.05, 3.63) is 41.2 Å². The van der Waals surface area contributed by atoms with Crippen LogP contribution in [0.15, 0.2) is 30.6 Å². The Morgan fingerprint density at radius 2 is 2.17 bits per heavy atom. The maximum atomic E-state index is 5.94. The number of aromatic nitrogens is 2. The fraction of sp³-hybridized carbons (Fsp3) is 0.231. The normalized spacial score (nSPS) is 10.2. The van der Waals surface area contributed by atoms with Crippen molar-refractivity contribution in [3.63, 3.8) is 0 Å². The van der Waals surface area contributed by atoms with Crippen molar-refractivity contribution >= 4 is 17.4 Å². The topological polar surface area (TPSA) is 47.0 Å². The van der Waals surface area contributed by atoms with Crippen molar-refractivity contribution in [2.75, 3.05) is 11.9 Å². The van der Waals surface area contributed by atoms with Gasteiger partial charge in [0, 0.05) is 11.6 Å². The van der Waals surface area contributed by atoms with Gasteiger partial charge in [0.05, 0.1) is 12.4 Å². The number of hydrogen-bond acceptors (Lipinski definition) is 4. The van der Waals surface area contributed by atoms with Crippen LogP contribution in [-0.4, -0.2) is 16.5 Å². The first-order valence-corrected chi connectivity index (χ1v) is 6.06. The zero-order valence-corrected chi connectivity index (χ0v) is 11.0. The average molecular weight is 264 g/mol. The van der Waals surface area contributed by atoms with Crippen molar-refractivity contribution < 1.29 is 4.74 Å². The highest BCUT2D eigenvalue weighted by Crippen LogP contribution is 2.26. The molecule has 0 atom stereocenters. The van der Waals surface area contributed by atoms with E-state index in [0.29, 0.717) is 22.5 Å². The van der Waals surface area contributed by atoms with Gasteiger partial charge in [-0.3, -0.25) is 4.98 Å². The minimum atomic E-state index is 0.443. The molecule has 0 aliphatic rings. The highest BCUT2D eigenvalue weighted by molar-refractivity contribution is 6.30. The van der Waals surface area contributed by atoms with Crippen LogP contribution < -0.4 is 10.1 Å². The lowest BCUT2D eigenvalue weighted by Crippen LogP contribution is -2.01. The van der Waals surface area contributed by atoms with E-state index in [1.54, 1.807) is 18.5 Å². The first-order chi connectivity index (χ1) is 8.69. The summed E-state index contributed by atoms with van der Waals surface area (Å²) in [6.45, 7) is 4.73. The molecule has 0 aliphatic carbocycles. The molecule has 0 unspecified atom stereocenters. The molecule has 0 spiro atoms. The van der Waals surface area contributed by atoms with Gasteiger partial charge in [-0.2, -0.15) is 4.98 Å². The first kappa shape index (κ1) is 12.6. The molecule has 18 heavy (non-hydrogen) atoms. The lowest BCUT2D eigenvalue weighted by molar-refractivity contribution is 0.457. The molecule has 4 nitrogen and oxygen atoms in total. The van der Waals surface area contributed by atoms with E-state index in [1.165, 1.54) is 0 Å². The Morgan fingerprint density at radius 1 is 1.33 bits per heavy atom. The van der Waals surface area contributed by atoms with Gasteiger partial charge in [-0.25, -0.2) is 0 Å². The summed E-state index contributed by atoms with van der Waals surface area (Å²) in [5.41, 5.74) is 0.995. The second-order valence-electron chi connectivity index (χ2n) is 3.78. The molecule has 0 radical (unpaired) electrons. The molecule has 94 valence electrons. The second-order valence-corrected chi connectivity index (χ2v) is 4.22. The van der Waals surface area contributed by atoms with E-state index in [-0.39, 0.29) is 0 Å². The number of anilines is 1. The number of ether oxygens (including phenoxy) is 1. The third-order valence-corrected chi connectivity index (χ3v) is 2.57. The molecule has 1 heterocycles. The molecule has 0 amide bonds. The van der Waals surface area contributed by atoms with Crippen molar-refractivity contribution in [2.45, 2.75) is 13.8 Å². The largest absolute Gasteiger partial charge is 0.437 e. The molecule has 2 rings (SSSR count). The van der Waals surface area contributed by atoms with Crippen LogP contribution in [0.25, 0.3) is 0 Å². The maximum absolute atomic E-state index is 5.94. The number of rotatable bonds is 4. The minimum Gasteiger partial charge on any atom is -0.437 e. The fourth-order valence-corrected chi connectivity index (χ4v) is 1.62. The van der Waals surface area contributed by atoms with Crippen molar-refractivity contribution in [1.82, 2.24) is 9.97 Å². The summed E-state index contributed by atoms with van der Waals surface area (Å²) in [6.07, 6.45) is 3.22. The van der Waals surface area contributed by atoms with E-state index in [0.717, 1.165) is 12.1 Å². The summed E-state index contributed by atoms with van der Waals surface area (Å²) in [5, 5.41) is 3.71. The van der Waals surface area contributed by atoms with Crippen LogP contribution in [0.3, 0.4) is 0 Å². The number of hydrogen-bond donors (Lipinski definition) is 1. The number of benzene rings is 1. The van der Waals surface area contributed by atoms with Gasteiger partial charge in [0.25, 0.3) is 0 Å². The molecule has 2 aromatic rings. The van der Waals surface area contributed by atoms with Crippen molar-refractivity contribution in [3.8, 4) is 11.6 Å². The predicted molar refractivity (Wildman–Crippen MR) is 72.5 cm³/mol. The summed E-state index contributed by atoms with van der Waals surface area (Å²) < 4.78 is 5.68. The SMILES string of the molecule is CCNc1cncc(Oc2cc(Cl)ccc2C)n1. The Balaban J connectivity index is 2.22. The molecule has 0 fully saturated rings. The minimum absolute atomic E-state index is 0.443. The Morgan fingerprint density at radius 3 is 2.94 bits per heavy atom. The molecular weight excluding hydrogens is 250 g/mol. The van der Waals surface area contributed by atoms with Crippen LogP contribution in [0.1, 0.15) is 12.5 Å². The number of nitrogens with one attached hydrogen (secondary N) is 1. The van der Waals surface area contributed by atoms with E-state index >= 15 is 0 Å². The molecule has 1 N–H and O–H groups in total. The molecule has 5 heteroatoms. The molecule has 0 saturated heterocycles. The average Bonchev–Trinajstić information content (AvgIpc) is 2.35. The van der Waals surface area contributed by atoms with Gasteiger partial charge in [-0.05, 0) is 31.5 Å². The predicted octanol–water partition coefficient (Wildman–Crippen LogP) is 3.66. The molecule has 1 aromatic heterocycles. The first-order valence-electron chi connectivity index (χ1n) is 5.69. The summed E-state index contributed by atoms with van der Waals surface area (Å²) in [7, 11) is 0. The van der Waals surface area contributed by atoms with Gasteiger partial charge >= 0.3 is 0 Å². The highest BCUT2D eigenvalue weighted by Gasteiger charge is 2.04. The van der Waals surface area contributed by atoms with Gasteiger partial charge in [-0.15, -0.1) is 0 Å². The monoisotopic (exact) mass is 263 g/mol. The Bertz CT molecular complexity index is 546. The molecule has 0 aliphatic heterocycles. The second kappa shape index (κ2) is 5.69. The lowest BCUT2D eigenvalue weighted by Gasteiger charge is -2.09. The quantitative estimate of drug-likeness (QED) is 0.914. The van der Waals surface area contributed by atoms with Gasteiger partial charge in [-0.1, -0.05) is 17.7 Å². The van der Waals surface area contributed by atoms with E-state index in [2.05, 4.69) is 15.3 Å². The lowest BCUT2D eigenvalue weighted by atomic mass is 10.2. The van der Waals surface area contributed by atoms with Crippen molar-refractivity contribution in [2.24, 2.45) is 0 Å². The number of nitrogens with zero attached hydrogens (tertiary/aromatic N) is 2. The van der Waals surface area contributed by atoms with E-state index in [9.17, 15) is 0 Å². The van der Waals surface area contributed by atoms with E-state index in [4.69, 9.17) is 16.3 Å². The molecule has 1 aromatic carbocycles. The zero-order chi connectivity index (χ0) is 13.0. The standard InChI is InChI=1S/C13H14ClN3O/c1-3-16-12-7-15-8-13(17-12)18-11-6-10(14)5-4-9(11)2/h4-8H,3H2,1-2H3,(H,16,17). The zero-order valence-electron chi connectivity index (χ0n) is 10.3. The summed E-state index contributed by atoms with van der Waals surface area (Å²) in [6, 6.07) is 5.49. The number of halogens is 1. The third-order valence-electron chi connectivity index (χ3n) is 2.34. The van der Waals surface area contributed by atoms with Crippen LogP contribution in [0.2, 0.25) is 5.02 Å². The Kier molecular flexibility index (Phi) is 3.99. The molecular formula is C13H14ClN3O. The summed E-state index contributed by atoms with van der Waals surface area (Å²) >= 11 is 5.94. The fourth-order valence-electron chi connectivity index (χ4n) is 1.46. The van der Waals surface area contributed by atoms with Crippen LogP contribution in [0, 0.1) is 6.92 Å². The highest BCUT2D eigenvalue weighted by atomic mass is 35.5. The van der Waals surface area contributed by atoms with Crippen LogP contribution >= 0.6 is 11.6 Å². The Labute approximate surface area is 111 Å². The van der Waals surface area contributed by atoms with Gasteiger partial charge in [0.1, 0.15) is 11.6 Å². The third kappa shape index (κ3) is 3.11. The van der Waals surface area contributed by atoms with E-state index < -0.39 is 0 Å². The van der Waals surface area contributed by atoms with Crippen LogP contribution in [0.4, 0.5) is 5.82 Å². The molecule has 0 saturated carbocycles. The van der Waals surface area contributed by atoms with Crippen LogP contribution in [-0.2, 0) is 0 Å². The van der Waals surface area contributed by atoms with Crippen molar-refractivity contribution in [1.29, 1.82) is 0 Å². The molecule has 0 bridgehead atoms. The maximum Gasteiger partial charge on any atom is 0.239 e. The smallest absolute Gasteiger partial charge is 0.239 e. The summed E-state index contributed by atoms with van der Waals surface area (Å²) in [5.74, 6) is 1.82. The number of aryl methyl sites for hydroxylation is 1. The van der Waals surface area contributed by atoms with Crippen LogP contribution in [0.5, 0.6) is 11.6 Å².